The fraction of sp³-hybridized carbons (Fsp3) is 0.200. The summed E-state index contributed by atoms with van der Waals surface area (Å²) in [5, 5.41) is 0. The number of rotatable bonds is 0. The molecule has 0 heterocycles. The van der Waals surface area contributed by atoms with E-state index in [-0.39, 0.29) is 7.43 Å². The van der Waals surface area contributed by atoms with E-state index in [2.05, 4.69) is 5.92 Å². The van der Waals surface area contributed by atoms with E-state index in [1.807, 2.05) is 31.2 Å². The normalized spacial score (nSPS) is 7.60. The summed E-state index contributed by atoms with van der Waals surface area (Å²) in [6, 6.07) is 7.88. The molecule has 0 spiro atoms. The van der Waals surface area contributed by atoms with Crippen molar-refractivity contribution >= 4 is 0 Å². The molecular formula is C10H12. The third-order valence-electron chi connectivity index (χ3n) is 1.30. The first kappa shape index (κ1) is 8.78. The highest BCUT2D eigenvalue weighted by molar-refractivity contribution is 5.38. The molecule has 0 atom stereocenters. The van der Waals surface area contributed by atoms with E-state index in [9.17, 15) is 0 Å². The van der Waals surface area contributed by atoms with Gasteiger partial charge in [0.2, 0.25) is 0 Å². The summed E-state index contributed by atoms with van der Waals surface area (Å²) in [4.78, 5) is 0. The molecule has 0 bridgehead atoms. The van der Waals surface area contributed by atoms with Gasteiger partial charge in [-0.25, -0.2) is 0 Å². The second kappa shape index (κ2) is 3.74. The largest absolute Gasteiger partial charge is 0.115 e. The van der Waals surface area contributed by atoms with E-state index in [1.54, 1.807) is 0 Å². The van der Waals surface area contributed by atoms with Crippen LogP contribution in [0.25, 0.3) is 0 Å². The van der Waals surface area contributed by atoms with E-state index in [0.717, 1.165) is 5.56 Å². The summed E-state index contributed by atoms with van der Waals surface area (Å²) in [7, 11) is 0. The van der Waals surface area contributed by atoms with Crippen LogP contribution in [-0.4, -0.2) is 0 Å². The maximum atomic E-state index is 5.20. The Balaban J connectivity index is 0.000000810. The monoisotopic (exact) mass is 132 g/mol. The van der Waals surface area contributed by atoms with Gasteiger partial charge in [-0.15, -0.1) is 6.42 Å². The van der Waals surface area contributed by atoms with Crippen LogP contribution in [0.3, 0.4) is 0 Å². The van der Waals surface area contributed by atoms with Crippen LogP contribution in [0.5, 0.6) is 0 Å². The van der Waals surface area contributed by atoms with E-state index in [0.29, 0.717) is 0 Å². The molecule has 0 saturated carbocycles. The van der Waals surface area contributed by atoms with Crippen LogP contribution in [0.15, 0.2) is 24.3 Å². The Kier molecular flexibility index (Phi) is 3.28. The quantitative estimate of drug-likeness (QED) is 0.476. The fourth-order valence-electron chi connectivity index (χ4n) is 0.735. The van der Waals surface area contributed by atoms with Crippen molar-refractivity contribution in [2.45, 2.75) is 14.4 Å². The fourth-order valence-corrected chi connectivity index (χ4v) is 0.735. The molecule has 0 aliphatic heterocycles. The maximum absolute atomic E-state index is 5.20. The Bertz CT molecular complexity index is 240. The molecule has 0 amide bonds. The number of hydrogen-bond donors (Lipinski definition) is 0. The van der Waals surface area contributed by atoms with Gasteiger partial charge < -0.3 is 0 Å². The Hall–Kier alpha value is -1.22. The van der Waals surface area contributed by atoms with Gasteiger partial charge >= 0.3 is 0 Å². The van der Waals surface area contributed by atoms with Crippen molar-refractivity contribution in [3.05, 3.63) is 35.4 Å². The minimum atomic E-state index is 0. The first-order chi connectivity index (χ1) is 4.34. The second-order valence-electron chi connectivity index (χ2n) is 1.96. The van der Waals surface area contributed by atoms with Gasteiger partial charge in [0.05, 0.1) is 0 Å². The maximum Gasteiger partial charge on any atom is 0.0271 e. The van der Waals surface area contributed by atoms with Crippen molar-refractivity contribution in [2.24, 2.45) is 0 Å². The van der Waals surface area contributed by atoms with E-state index in [4.69, 9.17) is 6.42 Å². The van der Waals surface area contributed by atoms with Crippen LogP contribution in [0.4, 0.5) is 0 Å². The highest BCUT2D eigenvalue weighted by Crippen LogP contribution is 2.03. The topological polar surface area (TPSA) is 0 Å². The van der Waals surface area contributed by atoms with Gasteiger partial charge in [0.15, 0.2) is 0 Å². The molecule has 1 rings (SSSR count). The van der Waals surface area contributed by atoms with Gasteiger partial charge in [-0.2, -0.15) is 0 Å². The molecule has 0 N–H and O–H groups in total. The summed E-state index contributed by atoms with van der Waals surface area (Å²) < 4.78 is 0. The van der Waals surface area contributed by atoms with Crippen LogP contribution in [0, 0.1) is 19.3 Å². The third-order valence-corrected chi connectivity index (χ3v) is 1.30. The van der Waals surface area contributed by atoms with Crippen LogP contribution < -0.4 is 0 Å². The summed E-state index contributed by atoms with van der Waals surface area (Å²) in [6.07, 6.45) is 5.20. The zero-order chi connectivity index (χ0) is 6.69. The molecule has 0 fully saturated rings. The Morgan fingerprint density at radius 3 is 2.30 bits per heavy atom. The molecule has 52 valence electrons. The predicted octanol–water partition coefficient (Wildman–Crippen LogP) is 2.61. The molecule has 0 aliphatic carbocycles. The van der Waals surface area contributed by atoms with E-state index in [1.165, 1.54) is 5.56 Å². The van der Waals surface area contributed by atoms with Crippen LogP contribution in [0.2, 0.25) is 0 Å². The zero-order valence-corrected chi connectivity index (χ0v) is 5.39. The van der Waals surface area contributed by atoms with Crippen molar-refractivity contribution in [3.8, 4) is 12.3 Å². The highest BCUT2D eigenvalue weighted by Gasteiger charge is 1.87. The Labute approximate surface area is 62.9 Å². The SMILES string of the molecule is C.C#Cc1ccccc1C. The lowest BCUT2D eigenvalue weighted by Gasteiger charge is -1.92. The Morgan fingerprint density at radius 2 is 1.90 bits per heavy atom. The average Bonchev–Trinajstić information content (AvgIpc) is 1.89. The highest BCUT2D eigenvalue weighted by atomic mass is 13.9. The van der Waals surface area contributed by atoms with E-state index >= 15 is 0 Å². The number of benzene rings is 1. The number of terminal acetylenes is 1. The second-order valence-corrected chi connectivity index (χ2v) is 1.96. The summed E-state index contributed by atoms with van der Waals surface area (Å²) in [5.41, 5.74) is 2.15. The molecule has 0 heteroatoms. The smallest absolute Gasteiger partial charge is 0.0271 e. The lowest BCUT2D eigenvalue weighted by molar-refractivity contribution is 1.44. The van der Waals surface area contributed by atoms with Crippen LogP contribution in [0.1, 0.15) is 18.6 Å². The molecule has 0 aromatic heterocycles. The minimum Gasteiger partial charge on any atom is -0.115 e. The minimum absolute atomic E-state index is 0. The molecule has 0 nitrogen and oxygen atoms in total. The van der Waals surface area contributed by atoms with Crippen LogP contribution >= 0.6 is 0 Å². The van der Waals surface area contributed by atoms with Crippen molar-refractivity contribution in [2.75, 3.05) is 0 Å². The average molecular weight is 132 g/mol. The predicted molar refractivity (Wildman–Crippen MR) is 45.8 cm³/mol. The lowest BCUT2D eigenvalue weighted by Crippen LogP contribution is -1.77. The molecule has 0 unspecified atom stereocenters. The summed E-state index contributed by atoms with van der Waals surface area (Å²) in [5.74, 6) is 2.60. The number of hydrogen-bond acceptors (Lipinski definition) is 0. The summed E-state index contributed by atoms with van der Waals surface area (Å²) >= 11 is 0. The first-order valence-corrected chi connectivity index (χ1v) is 2.87. The van der Waals surface area contributed by atoms with Gasteiger partial charge in [-0.05, 0) is 18.6 Å². The molecule has 0 saturated heterocycles. The molecule has 0 aliphatic rings. The van der Waals surface area contributed by atoms with Crippen molar-refractivity contribution in [1.82, 2.24) is 0 Å². The van der Waals surface area contributed by atoms with Gasteiger partial charge in [0.1, 0.15) is 0 Å². The van der Waals surface area contributed by atoms with Crippen LogP contribution in [-0.2, 0) is 0 Å². The van der Waals surface area contributed by atoms with Crippen molar-refractivity contribution < 1.29 is 0 Å². The van der Waals surface area contributed by atoms with Gasteiger partial charge in [-0.3, -0.25) is 0 Å². The van der Waals surface area contributed by atoms with Gasteiger partial charge in [0.25, 0.3) is 0 Å². The van der Waals surface area contributed by atoms with E-state index < -0.39 is 0 Å². The molecule has 1 aromatic carbocycles. The first-order valence-electron chi connectivity index (χ1n) is 2.87. The van der Waals surface area contributed by atoms with Crippen molar-refractivity contribution in [1.29, 1.82) is 0 Å². The lowest BCUT2D eigenvalue weighted by atomic mass is 10.1. The van der Waals surface area contributed by atoms with Crippen molar-refractivity contribution in [3.63, 3.8) is 0 Å². The number of aryl methyl sites for hydroxylation is 1. The van der Waals surface area contributed by atoms with Gasteiger partial charge in [-0.1, -0.05) is 31.5 Å². The molecule has 10 heavy (non-hydrogen) atoms. The zero-order valence-electron chi connectivity index (χ0n) is 5.39. The van der Waals surface area contributed by atoms with Gasteiger partial charge in [0, 0.05) is 5.56 Å². The summed E-state index contributed by atoms with van der Waals surface area (Å²) in [6.45, 7) is 2.01. The third kappa shape index (κ3) is 1.63. The molecule has 1 aromatic rings. The molecular weight excluding hydrogens is 120 g/mol. The molecule has 0 radical (unpaired) electrons. The standard InChI is InChI=1S/C9H8.CH4/c1-3-9-7-5-4-6-8(9)2;/h1,4-7H,2H3;1H4. The Morgan fingerprint density at radius 1 is 1.30 bits per heavy atom.